The zero-order chi connectivity index (χ0) is 20.7. The highest BCUT2D eigenvalue weighted by molar-refractivity contribution is 5.84. The van der Waals surface area contributed by atoms with E-state index in [1.54, 1.807) is 4.90 Å². The van der Waals surface area contributed by atoms with E-state index in [-0.39, 0.29) is 11.3 Å². The first kappa shape index (κ1) is 21.1. The lowest BCUT2D eigenvalue weighted by Crippen LogP contribution is -2.43. The molecule has 8 nitrogen and oxygen atoms in total. The summed E-state index contributed by atoms with van der Waals surface area (Å²) in [6.45, 7) is 4.15. The minimum atomic E-state index is -0.341. The van der Waals surface area contributed by atoms with E-state index in [9.17, 15) is 4.79 Å². The lowest BCUT2D eigenvalue weighted by Gasteiger charge is -2.29. The van der Waals surface area contributed by atoms with Gasteiger partial charge in [-0.3, -0.25) is 14.2 Å². The minimum Gasteiger partial charge on any atom is -0.357 e. The normalized spacial score (nSPS) is 16.2. The third kappa shape index (κ3) is 5.05. The van der Waals surface area contributed by atoms with Crippen LogP contribution in [0.4, 0.5) is 0 Å². The molecule has 1 aliphatic rings. The highest BCUT2D eigenvalue weighted by atomic mass is 16.2. The van der Waals surface area contributed by atoms with Gasteiger partial charge in [0.05, 0.1) is 12.0 Å². The van der Waals surface area contributed by atoms with Crippen LogP contribution in [0.1, 0.15) is 44.9 Å². The molecule has 3 rings (SSSR count). The SMILES string of the molecule is CCNC(=NCC1(C(=O)N(C)C)CCCC1)NCCCc1nnc2ccccn12. The van der Waals surface area contributed by atoms with Crippen molar-refractivity contribution >= 4 is 17.5 Å². The molecule has 0 radical (unpaired) electrons. The molecule has 1 amide bonds. The van der Waals surface area contributed by atoms with Crippen LogP contribution in [-0.2, 0) is 11.2 Å². The van der Waals surface area contributed by atoms with Crippen molar-refractivity contribution in [3.63, 3.8) is 0 Å². The van der Waals surface area contributed by atoms with E-state index in [1.807, 2.05) is 42.9 Å². The maximum Gasteiger partial charge on any atom is 0.230 e. The molecule has 158 valence electrons. The molecule has 29 heavy (non-hydrogen) atoms. The second-order valence-electron chi connectivity index (χ2n) is 7.96. The van der Waals surface area contributed by atoms with Gasteiger partial charge in [-0.1, -0.05) is 18.9 Å². The highest BCUT2D eigenvalue weighted by Gasteiger charge is 2.42. The zero-order valence-corrected chi connectivity index (χ0v) is 17.8. The van der Waals surface area contributed by atoms with Gasteiger partial charge in [0.25, 0.3) is 0 Å². The smallest absolute Gasteiger partial charge is 0.230 e. The molecule has 0 aliphatic heterocycles. The third-order valence-corrected chi connectivity index (χ3v) is 5.56. The number of nitrogens with zero attached hydrogens (tertiary/aromatic N) is 5. The fourth-order valence-corrected chi connectivity index (χ4v) is 4.05. The summed E-state index contributed by atoms with van der Waals surface area (Å²) in [7, 11) is 3.67. The number of aryl methyl sites for hydroxylation is 1. The van der Waals surface area contributed by atoms with Crippen LogP contribution in [0.25, 0.3) is 5.65 Å². The van der Waals surface area contributed by atoms with Gasteiger partial charge in [0.15, 0.2) is 11.6 Å². The van der Waals surface area contributed by atoms with Gasteiger partial charge >= 0.3 is 0 Å². The Kier molecular flexibility index (Phi) is 7.06. The van der Waals surface area contributed by atoms with Gasteiger partial charge in [-0.25, -0.2) is 0 Å². The molecule has 2 aromatic rings. The maximum absolute atomic E-state index is 12.7. The molecule has 0 spiro atoms. The Bertz CT molecular complexity index is 836. The van der Waals surface area contributed by atoms with Crippen LogP contribution in [0.3, 0.4) is 0 Å². The van der Waals surface area contributed by atoms with Crippen molar-refractivity contribution in [1.82, 2.24) is 30.1 Å². The second kappa shape index (κ2) is 9.71. The quantitative estimate of drug-likeness (QED) is 0.402. The summed E-state index contributed by atoms with van der Waals surface area (Å²) in [5, 5.41) is 15.2. The van der Waals surface area contributed by atoms with E-state index in [0.717, 1.165) is 69.0 Å². The van der Waals surface area contributed by atoms with Crippen molar-refractivity contribution in [3.05, 3.63) is 30.2 Å². The molecule has 8 heteroatoms. The summed E-state index contributed by atoms with van der Waals surface area (Å²) in [6, 6.07) is 5.91. The van der Waals surface area contributed by atoms with Gasteiger partial charge in [0, 0.05) is 39.8 Å². The lowest BCUT2D eigenvalue weighted by atomic mass is 9.85. The third-order valence-electron chi connectivity index (χ3n) is 5.56. The van der Waals surface area contributed by atoms with Crippen LogP contribution in [0, 0.1) is 5.41 Å². The van der Waals surface area contributed by atoms with Gasteiger partial charge in [-0.15, -0.1) is 10.2 Å². The standard InChI is InChI=1S/C21H33N7O/c1-4-22-20(24-16-21(12-6-7-13-21)19(29)27(2)3)23-14-9-11-18-26-25-17-10-5-8-15-28(17)18/h5,8,10,15H,4,6-7,9,11-14,16H2,1-3H3,(H2,22,23,24). The highest BCUT2D eigenvalue weighted by Crippen LogP contribution is 2.39. The van der Waals surface area contributed by atoms with Crippen molar-refractivity contribution in [1.29, 1.82) is 0 Å². The summed E-state index contributed by atoms with van der Waals surface area (Å²) >= 11 is 0. The van der Waals surface area contributed by atoms with Crippen LogP contribution in [0.5, 0.6) is 0 Å². The number of amides is 1. The maximum atomic E-state index is 12.7. The topological polar surface area (TPSA) is 86.9 Å². The van der Waals surface area contributed by atoms with Gasteiger partial charge in [-0.2, -0.15) is 0 Å². The van der Waals surface area contributed by atoms with E-state index < -0.39 is 0 Å². The first-order valence-corrected chi connectivity index (χ1v) is 10.6. The summed E-state index contributed by atoms with van der Waals surface area (Å²) in [5.41, 5.74) is 0.532. The van der Waals surface area contributed by atoms with Gasteiger partial charge in [0.1, 0.15) is 5.82 Å². The van der Waals surface area contributed by atoms with Crippen molar-refractivity contribution in [3.8, 4) is 0 Å². The van der Waals surface area contributed by atoms with Crippen molar-refractivity contribution in [2.45, 2.75) is 45.4 Å². The molecular formula is C21H33N7O. The van der Waals surface area contributed by atoms with Gasteiger partial charge in [0.2, 0.25) is 5.91 Å². The number of aromatic nitrogens is 3. The molecule has 2 heterocycles. The van der Waals surface area contributed by atoms with Crippen LogP contribution >= 0.6 is 0 Å². The number of aliphatic imine (C=N–C) groups is 1. The number of nitrogens with one attached hydrogen (secondary N) is 2. The number of hydrogen-bond acceptors (Lipinski definition) is 4. The van der Waals surface area contributed by atoms with Crippen LogP contribution in [0.2, 0.25) is 0 Å². The molecule has 0 aromatic carbocycles. The summed E-state index contributed by atoms with van der Waals surface area (Å²) in [6.07, 6.45) is 7.80. The first-order chi connectivity index (χ1) is 14.1. The number of rotatable bonds is 8. The molecule has 0 unspecified atom stereocenters. The molecule has 0 saturated heterocycles. The molecular weight excluding hydrogens is 366 g/mol. The van der Waals surface area contributed by atoms with E-state index in [0.29, 0.717) is 6.54 Å². The van der Waals surface area contributed by atoms with Crippen molar-refractivity contribution in [2.75, 3.05) is 33.7 Å². The Morgan fingerprint density at radius 3 is 2.76 bits per heavy atom. The Morgan fingerprint density at radius 2 is 2.03 bits per heavy atom. The molecule has 1 aliphatic carbocycles. The first-order valence-electron chi connectivity index (χ1n) is 10.6. The van der Waals surface area contributed by atoms with Crippen LogP contribution in [0.15, 0.2) is 29.4 Å². The second-order valence-corrected chi connectivity index (χ2v) is 7.96. The number of carbonyl (C=O) groups excluding carboxylic acids is 1. The average Bonchev–Trinajstić information content (AvgIpc) is 3.36. The summed E-state index contributed by atoms with van der Waals surface area (Å²) in [5.74, 6) is 1.94. The predicted molar refractivity (Wildman–Crippen MR) is 115 cm³/mol. The lowest BCUT2D eigenvalue weighted by molar-refractivity contribution is -0.138. The Labute approximate surface area is 172 Å². The summed E-state index contributed by atoms with van der Waals surface area (Å²) < 4.78 is 2.02. The van der Waals surface area contributed by atoms with Crippen LogP contribution in [-0.4, -0.2) is 65.1 Å². The Hall–Kier alpha value is -2.64. The van der Waals surface area contributed by atoms with Crippen LogP contribution < -0.4 is 10.6 Å². The molecule has 2 N–H and O–H groups in total. The van der Waals surface area contributed by atoms with E-state index in [4.69, 9.17) is 4.99 Å². The molecule has 1 saturated carbocycles. The Balaban J connectivity index is 1.55. The molecule has 2 aromatic heterocycles. The van der Waals surface area contributed by atoms with E-state index in [2.05, 4.69) is 27.8 Å². The molecule has 1 fully saturated rings. The minimum absolute atomic E-state index is 0.202. The summed E-state index contributed by atoms with van der Waals surface area (Å²) in [4.78, 5) is 19.2. The number of pyridine rings is 1. The Morgan fingerprint density at radius 1 is 1.24 bits per heavy atom. The van der Waals surface area contributed by atoms with Crippen molar-refractivity contribution in [2.24, 2.45) is 10.4 Å². The fourth-order valence-electron chi connectivity index (χ4n) is 4.05. The molecule has 0 atom stereocenters. The van der Waals surface area contributed by atoms with Gasteiger partial charge < -0.3 is 15.5 Å². The largest absolute Gasteiger partial charge is 0.357 e. The zero-order valence-electron chi connectivity index (χ0n) is 17.8. The van der Waals surface area contributed by atoms with Gasteiger partial charge in [-0.05, 0) is 38.3 Å². The average molecular weight is 400 g/mol. The number of guanidine groups is 1. The van der Waals surface area contributed by atoms with E-state index in [1.165, 1.54) is 0 Å². The number of fused-ring (bicyclic) bond motifs is 1. The number of carbonyl (C=O) groups is 1. The monoisotopic (exact) mass is 399 g/mol. The predicted octanol–water partition coefficient (Wildman–Crippen LogP) is 1.87. The fraction of sp³-hybridized carbons (Fsp3) is 0.619. The molecule has 0 bridgehead atoms. The van der Waals surface area contributed by atoms with E-state index >= 15 is 0 Å². The number of hydrogen-bond donors (Lipinski definition) is 2. The van der Waals surface area contributed by atoms with Crippen molar-refractivity contribution < 1.29 is 4.79 Å².